The normalized spacial score (nSPS) is 11.6. The van der Waals surface area contributed by atoms with Crippen molar-refractivity contribution in [3.63, 3.8) is 0 Å². The number of benzene rings is 1. The molecule has 1 aliphatic heterocycles. The van der Waals surface area contributed by atoms with Gasteiger partial charge >= 0.3 is 17.9 Å². The van der Waals surface area contributed by atoms with Gasteiger partial charge in [-0.05, 0) is 25.5 Å². The van der Waals surface area contributed by atoms with E-state index in [1.807, 2.05) is 30.3 Å². The topological polar surface area (TPSA) is 95.7 Å². The Morgan fingerprint density at radius 1 is 0.824 bits per heavy atom. The Morgan fingerprint density at radius 2 is 1.26 bits per heavy atom. The minimum absolute atomic E-state index is 0.256. The third-order valence-corrected chi connectivity index (χ3v) is 4.94. The Bertz CT molecular complexity index is 712. The maximum atomic E-state index is 11.1. The van der Waals surface area contributed by atoms with Crippen LogP contribution in [-0.4, -0.2) is 24.5 Å². The maximum Gasteiger partial charge on any atom is 0.338 e. The summed E-state index contributed by atoms with van der Waals surface area (Å²) >= 11 is 0. The minimum atomic E-state index is -0.579. The van der Waals surface area contributed by atoms with Crippen molar-refractivity contribution in [3.05, 3.63) is 54.6 Å². The number of nitrogens with two attached hydrogens (primary N) is 1. The molecule has 0 unspecified atom stereocenters. The van der Waals surface area contributed by atoms with Crippen LogP contribution in [0.1, 0.15) is 90.9 Å². The number of unbranched alkanes of at least 4 members (excludes halogenated alkanes) is 11. The van der Waals surface area contributed by atoms with Gasteiger partial charge in [0.2, 0.25) is 0 Å². The smallest absolute Gasteiger partial charge is 0.338 e. The van der Waals surface area contributed by atoms with Crippen molar-refractivity contribution < 1.29 is 23.9 Å². The van der Waals surface area contributed by atoms with Gasteiger partial charge in [0.25, 0.3) is 0 Å². The molecular formula is C28H43NO5. The van der Waals surface area contributed by atoms with Gasteiger partial charge in [-0.15, -0.1) is 0 Å². The quantitative estimate of drug-likeness (QED) is 0.106. The van der Waals surface area contributed by atoms with Crippen molar-refractivity contribution in [2.75, 3.05) is 12.3 Å². The largest absolute Gasteiger partial charge is 0.462 e. The Morgan fingerprint density at radius 3 is 1.59 bits per heavy atom. The number of esters is 3. The fourth-order valence-corrected chi connectivity index (χ4v) is 2.99. The van der Waals surface area contributed by atoms with E-state index in [2.05, 4.69) is 18.2 Å². The third kappa shape index (κ3) is 21.0. The van der Waals surface area contributed by atoms with Crippen molar-refractivity contribution in [2.45, 2.75) is 90.9 Å². The van der Waals surface area contributed by atoms with E-state index in [4.69, 9.17) is 10.5 Å². The van der Waals surface area contributed by atoms with Gasteiger partial charge in [0.05, 0.1) is 6.61 Å². The SMILES string of the molecule is C=C(C)C(=O)OCCCCCCCCCCCCCC.Nc1ccccc1.O=C1C=CC(=O)O1. The van der Waals surface area contributed by atoms with Crippen LogP contribution in [0.2, 0.25) is 0 Å². The first kappa shape index (κ1) is 31.1. The molecule has 0 saturated carbocycles. The maximum absolute atomic E-state index is 11.1. The number of cyclic esters (lactones) is 2. The lowest BCUT2D eigenvalue weighted by Gasteiger charge is -2.04. The third-order valence-electron chi connectivity index (χ3n) is 4.94. The Labute approximate surface area is 205 Å². The fraction of sp³-hybridized carbons (Fsp3) is 0.536. The summed E-state index contributed by atoms with van der Waals surface area (Å²) in [5.41, 5.74) is 6.67. The highest BCUT2D eigenvalue weighted by Gasteiger charge is 2.10. The van der Waals surface area contributed by atoms with E-state index < -0.39 is 11.9 Å². The standard InChI is InChI=1S/C18H34O2.C6H7N.C4H2O3/c1-4-5-6-7-8-9-10-11-12-13-14-15-16-20-18(19)17(2)3;7-6-4-2-1-3-5-6;5-3-1-2-4(6)7-3/h2,4-16H2,1,3H3;1-5H,7H2;1-2H. The molecule has 0 bridgehead atoms. The monoisotopic (exact) mass is 473 g/mol. The number of nitrogen functional groups attached to an aromatic ring is 1. The van der Waals surface area contributed by atoms with Crippen molar-refractivity contribution >= 4 is 23.6 Å². The van der Waals surface area contributed by atoms with E-state index >= 15 is 0 Å². The molecule has 1 aliphatic rings. The predicted molar refractivity (Wildman–Crippen MR) is 138 cm³/mol. The lowest BCUT2D eigenvalue weighted by Crippen LogP contribution is -2.05. The molecule has 1 aromatic rings. The second-order valence-corrected chi connectivity index (χ2v) is 8.29. The van der Waals surface area contributed by atoms with Crippen molar-refractivity contribution in [2.24, 2.45) is 0 Å². The summed E-state index contributed by atoms with van der Waals surface area (Å²) in [5, 5.41) is 0. The summed E-state index contributed by atoms with van der Waals surface area (Å²) < 4.78 is 9.03. The number of hydrogen-bond donors (Lipinski definition) is 1. The van der Waals surface area contributed by atoms with Gasteiger partial charge in [-0.3, -0.25) is 0 Å². The van der Waals surface area contributed by atoms with Crippen LogP contribution in [0.15, 0.2) is 54.6 Å². The molecule has 0 atom stereocenters. The summed E-state index contributed by atoms with van der Waals surface area (Å²) in [6, 6.07) is 9.49. The van der Waals surface area contributed by atoms with Crippen LogP contribution in [0.3, 0.4) is 0 Å². The number of rotatable bonds is 14. The van der Waals surface area contributed by atoms with E-state index in [1.165, 1.54) is 70.6 Å². The molecule has 0 radical (unpaired) electrons. The second kappa shape index (κ2) is 21.9. The van der Waals surface area contributed by atoms with E-state index in [0.717, 1.165) is 24.3 Å². The van der Waals surface area contributed by atoms with Gasteiger partial charge in [0.1, 0.15) is 0 Å². The zero-order valence-corrected chi connectivity index (χ0v) is 21.1. The van der Waals surface area contributed by atoms with Crippen LogP contribution in [-0.2, 0) is 23.9 Å². The van der Waals surface area contributed by atoms with Crippen molar-refractivity contribution in [3.8, 4) is 0 Å². The summed E-state index contributed by atoms with van der Waals surface area (Å²) in [4.78, 5) is 31.0. The molecule has 0 aromatic heterocycles. The average Bonchev–Trinajstić information content (AvgIpc) is 3.20. The number of anilines is 1. The molecule has 0 fully saturated rings. The lowest BCUT2D eigenvalue weighted by atomic mass is 10.1. The van der Waals surface area contributed by atoms with Gasteiger partial charge in [-0.25, -0.2) is 14.4 Å². The van der Waals surface area contributed by atoms with Crippen LogP contribution in [0.25, 0.3) is 0 Å². The summed E-state index contributed by atoms with van der Waals surface area (Å²) in [7, 11) is 0. The number of carbonyl (C=O) groups is 3. The van der Waals surface area contributed by atoms with Crippen molar-refractivity contribution in [1.29, 1.82) is 0 Å². The molecule has 0 spiro atoms. The highest BCUT2D eigenvalue weighted by molar-refractivity contribution is 6.04. The molecule has 2 rings (SSSR count). The average molecular weight is 474 g/mol. The molecule has 0 saturated heterocycles. The molecule has 6 heteroatoms. The molecule has 0 aliphatic carbocycles. The molecule has 2 N–H and O–H groups in total. The van der Waals surface area contributed by atoms with Gasteiger partial charge in [0.15, 0.2) is 0 Å². The number of carbonyl (C=O) groups excluding carboxylic acids is 3. The van der Waals surface area contributed by atoms with Crippen LogP contribution in [0, 0.1) is 0 Å². The van der Waals surface area contributed by atoms with Crippen LogP contribution < -0.4 is 5.73 Å². The van der Waals surface area contributed by atoms with Crippen LogP contribution in [0.4, 0.5) is 5.69 Å². The summed E-state index contributed by atoms with van der Waals surface area (Å²) in [6.45, 7) is 8.05. The van der Waals surface area contributed by atoms with Crippen LogP contribution in [0.5, 0.6) is 0 Å². The van der Waals surface area contributed by atoms with Gasteiger partial charge in [-0.2, -0.15) is 0 Å². The molecule has 190 valence electrons. The molecule has 1 heterocycles. The Hall–Kier alpha value is -2.89. The highest BCUT2D eigenvalue weighted by Crippen LogP contribution is 2.12. The Kier molecular flexibility index (Phi) is 20.1. The number of para-hydroxylation sites is 1. The first-order chi connectivity index (χ1) is 16.4. The highest BCUT2D eigenvalue weighted by atomic mass is 16.6. The van der Waals surface area contributed by atoms with E-state index in [1.54, 1.807) is 6.92 Å². The molecular weight excluding hydrogens is 430 g/mol. The first-order valence-electron chi connectivity index (χ1n) is 12.4. The molecule has 34 heavy (non-hydrogen) atoms. The molecule has 0 amide bonds. The summed E-state index contributed by atoms with van der Waals surface area (Å²) in [6.07, 6.45) is 18.0. The predicted octanol–water partition coefficient (Wildman–Crippen LogP) is 6.70. The summed E-state index contributed by atoms with van der Waals surface area (Å²) in [5.74, 6) is -1.41. The van der Waals surface area contributed by atoms with E-state index in [0.29, 0.717) is 12.2 Å². The molecule has 6 nitrogen and oxygen atoms in total. The zero-order chi connectivity index (χ0) is 25.4. The number of hydrogen-bond acceptors (Lipinski definition) is 6. The van der Waals surface area contributed by atoms with Crippen LogP contribution >= 0.6 is 0 Å². The minimum Gasteiger partial charge on any atom is -0.462 e. The Balaban J connectivity index is 0.000000619. The van der Waals surface area contributed by atoms with E-state index in [-0.39, 0.29) is 5.97 Å². The number of ether oxygens (including phenoxy) is 2. The second-order valence-electron chi connectivity index (χ2n) is 8.29. The fourth-order valence-electron chi connectivity index (χ4n) is 2.99. The lowest BCUT2D eigenvalue weighted by molar-refractivity contribution is -0.150. The zero-order valence-electron chi connectivity index (χ0n) is 21.1. The van der Waals surface area contributed by atoms with Crippen molar-refractivity contribution in [1.82, 2.24) is 0 Å². The van der Waals surface area contributed by atoms with Gasteiger partial charge < -0.3 is 15.2 Å². The molecule has 1 aromatic carbocycles. The first-order valence-corrected chi connectivity index (χ1v) is 12.4. The van der Waals surface area contributed by atoms with Gasteiger partial charge in [0, 0.05) is 23.4 Å². The van der Waals surface area contributed by atoms with Gasteiger partial charge in [-0.1, -0.05) is 102 Å². The van der Waals surface area contributed by atoms with E-state index in [9.17, 15) is 14.4 Å².